The molecule has 1 fully saturated rings. The molecule has 1 N–H and O–H groups in total. The van der Waals surface area contributed by atoms with Crippen LogP contribution in [0.5, 0.6) is 0 Å². The number of allylic oxidation sites excluding steroid dienone is 2. The van der Waals surface area contributed by atoms with Crippen molar-refractivity contribution in [3.05, 3.63) is 95.4 Å². The predicted molar refractivity (Wildman–Crippen MR) is 137 cm³/mol. The van der Waals surface area contributed by atoms with Gasteiger partial charge >= 0.3 is 0 Å². The van der Waals surface area contributed by atoms with Crippen molar-refractivity contribution in [1.82, 2.24) is 4.90 Å². The second-order valence-corrected chi connectivity index (χ2v) is 9.01. The standard InChI is InChI=1S/C26H22N2O2S2/c29-24(27-22-16-15-20-11-4-5-12-21(20)18-22)14-7-17-28-25(30)23(32-26(28)31)13-6-10-19-8-2-1-3-9-19/h1-6,8-13,15-16,18H,7,14,17H2,(H,27,29)/b10-6+,23-13-. The molecular formula is C26H22N2O2S2. The summed E-state index contributed by atoms with van der Waals surface area (Å²) in [5.74, 6) is -0.181. The second kappa shape index (κ2) is 10.4. The van der Waals surface area contributed by atoms with E-state index >= 15 is 0 Å². The van der Waals surface area contributed by atoms with Gasteiger partial charge in [0.25, 0.3) is 5.91 Å². The van der Waals surface area contributed by atoms with E-state index in [1.807, 2.05) is 84.9 Å². The topological polar surface area (TPSA) is 49.4 Å². The first-order valence-corrected chi connectivity index (χ1v) is 11.6. The lowest BCUT2D eigenvalue weighted by Crippen LogP contribution is -2.29. The average Bonchev–Trinajstić information content (AvgIpc) is 3.07. The van der Waals surface area contributed by atoms with Gasteiger partial charge in [-0.1, -0.05) is 96.8 Å². The van der Waals surface area contributed by atoms with Gasteiger partial charge < -0.3 is 5.32 Å². The molecule has 0 unspecified atom stereocenters. The molecule has 0 aromatic heterocycles. The van der Waals surface area contributed by atoms with Crippen molar-refractivity contribution in [1.29, 1.82) is 0 Å². The van der Waals surface area contributed by atoms with Crippen LogP contribution in [0.15, 0.2) is 89.9 Å². The van der Waals surface area contributed by atoms with Crippen molar-refractivity contribution in [3.8, 4) is 0 Å². The van der Waals surface area contributed by atoms with Crippen molar-refractivity contribution in [2.24, 2.45) is 0 Å². The number of carbonyl (C=O) groups excluding carboxylic acids is 2. The summed E-state index contributed by atoms with van der Waals surface area (Å²) >= 11 is 6.67. The van der Waals surface area contributed by atoms with Crippen molar-refractivity contribution in [2.75, 3.05) is 11.9 Å². The van der Waals surface area contributed by atoms with E-state index in [1.165, 1.54) is 11.8 Å². The van der Waals surface area contributed by atoms with Gasteiger partial charge in [-0.3, -0.25) is 14.5 Å². The van der Waals surface area contributed by atoms with Crippen molar-refractivity contribution in [2.45, 2.75) is 12.8 Å². The molecule has 1 saturated heterocycles. The summed E-state index contributed by atoms with van der Waals surface area (Å²) in [4.78, 5) is 27.2. The van der Waals surface area contributed by atoms with Crippen LogP contribution in [0.3, 0.4) is 0 Å². The maximum absolute atomic E-state index is 12.7. The fourth-order valence-corrected chi connectivity index (χ4v) is 4.67. The van der Waals surface area contributed by atoms with Crippen LogP contribution in [-0.4, -0.2) is 27.6 Å². The molecule has 3 aromatic rings. The van der Waals surface area contributed by atoms with E-state index in [-0.39, 0.29) is 11.8 Å². The van der Waals surface area contributed by atoms with Crippen LogP contribution in [0.25, 0.3) is 16.8 Å². The lowest BCUT2D eigenvalue weighted by molar-refractivity contribution is -0.122. The molecule has 0 bridgehead atoms. The van der Waals surface area contributed by atoms with Crippen LogP contribution in [0.4, 0.5) is 5.69 Å². The zero-order valence-electron chi connectivity index (χ0n) is 17.4. The van der Waals surface area contributed by atoms with Gasteiger partial charge in [0.05, 0.1) is 4.91 Å². The maximum atomic E-state index is 12.7. The number of fused-ring (bicyclic) bond motifs is 1. The van der Waals surface area contributed by atoms with E-state index in [2.05, 4.69) is 5.32 Å². The zero-order valence-corrected chi connectivity index (χ0v) is 19.0. The Hall–Kier alpha value is -3.22. The fraction of sp³-hybridized carbons (Fsp3) is 0.115. The van der Waals surface area contributed by atoms with Crippen LogP contribution in [0, 0.1) is 0 Å². The third-order valence-corrected chi connectivity index (χ3v) is 6.42. The smallest absolute Gasteiger partial charge is 0.266 e. The minimum atomic E-state index is -0.104. The summed E-state index contributed by atoms with van der Waals surface area (Å²) in [6, 6.07) is 23.8. The van der Waals surface area contributed by atoms with Gasteiger partial charge in [-0.05, 0) is 41.0 Å². The molecular weight excluding hydrogens is 436 g/mol. The third kappa shape index (κ3) is 5.52. The largest absolute Gasteiger partial charge is 0.326 e. The Bertz CT molecular complexity index is 1220. The average molecular weight is 459 g/mol. The summed E-state index contributed by atoms with van der Waals surface area (Å²) in [6.07, 6.45) is 6.46. The Kier molecular flexibility index (Phi) is 7.14. The van der Waals surface area contributed by atoms with Crippen molar-refractivity contribution >= 4 is 62.7 Å². The number of rotatable bonds is 7. The lowest BCUT2D eigenvalue weighted by Gasteiger charge is -2.14. The molecule has 2 amide bonds. The van der Waals surface area contributed by atoms with Crippen LogP contribution < -0.4 is 5.32 Å². The van der Waals surface area contributed by atoms with E-state index in [0.717, 1.165) is 22.0 Å². The molecule has 1 heterocycles. The summed E-state index contributed by atoms with van der Waals surface area (Å²) < 4.78 is 0.532. The molecule has 0 spiro atoms. The highest BCUT2D eigenvalue weighted by atomic mass is 32.2. The van der Waals surface area contributed by atoms with Crippen LogP contribution >= 0.6 is 24.0 Å². The highest BCUT2D eigenvalue weighted by Gasteiger charge is 2.31. The minimum absolute atomic E-state index is 0.0768. The normalized spacial score (nSPS) is 15.2. The summed E-state index contributed by atoms with van der Waals surface area (Å²) in [6.45, 7) is 0.426. The molecule has 4 rings (SSSR count). The van der Waals surface area contributed by atoms with Crippen molar-refractivity contribution in [3.63, 3.8) is 0 Å². The van der Waals surface area contributed by atoms with Gasteiger partial charge in [-0.25, -0.2) is 0 Å². The number of thioether (sulfide) groups is 1. The zero-order chi connectivity index (χ0) is 22.3. The van der Waals surface area contributed by atoms with E-state index in [1.54, 1.807) is 11.0 Å². The van der Waals surface area contributed by atoms with Gasteiger partial charge in [0.2, 0.25) is 5.91 Å². The molecule has 1 aliphatic rings. The van der Waals surface area contributed by atoms with Crippen LogP contribution in [0.2, 0.25) is 0 Å². The van der Waals surface area contributed by atoms with E-state index in [9.17, 15) is 9.59 Å². The number of hydrogen-bond donors (Lipinski definition) is 1. The van der Waals surface area contributed by atoms with E-state index < -0.39 is 0 Å². The number of nitrogens with one attached hydrogen (secondary N) is 1. The van der Waals surface area contributed by atoms with Crippen LogP contribution in [0.1, 0.15) is 18.4 Å². The van der Waals surface area contributed by atoms with Crippen molar-refractivity contribution < 1.29 is 9.59 Å². The Morgan fingerprint density at radius 1 is 1.00 bits per heavy atom. The predicted octanol–water partition coefficient (Wildman–Crippen LogP) is 6.02. The Labute approximate surface area is 197 Å². The van der Waals surface area contributed by atoms with Gasteiger partial charge in [0.1, 0.15) is 4.32 Å². The first-order chi connectivity index (χ1) is 15.6. The maximum Gasteiger partial charge on any atom is 0.266 e. The number of anilines is 1. The highest BCUT2D eigenvalue weighted by Crippen LogP contribution is 2.31. The first kappa shape index (κ1) is 22.0. The molecule has 160 valence electrons. The number of carbonyl (C=O) groups is 2. The SMILES string of the molecule is O=C(CCCN1C(=O)/C(=C/C=C/c2ccccc2)SC1=S)Nc1ccc2ccccc2c1. The number of thiocarbonyl (C=S) groups is 1. The molecule has 0 saturated carbocycles. The molecule has 6 heteroatoms. The molecule has 0 aliphatic carbocycles. The fourth-order valence-electron chi connectivity index (χ4n) is 3.41. The number of hydrogen-bond acceptors (Lipinski definition) is 4. The quantitative estimate of drug-likeness (QED) is 0.348. The van der Waals surface area contributed by atoms with Gasteiger partial charge in [0.15, 0.2) is 0 Å². The highest BCUT2D eigenvalue weighted by molar-refractivity contribution is 8.26. The molecule has 0 radical (unpaired) electrons. The molecule has 4 nitrogen and oxygen atoms in total. The molecule has 0 atom stereocenters. The lowest BCUT2D eigenvalue weighted by atomic mass is 10.1. The minimum Gasteiger partial charge on any atom is -0.326 e. The third-order valence-electron chi connectivity index (χ3n) is 5.03. The van der Waals surface area contributed by atoms with Gasteiger partial charge in [-0.15, -0.1) is 0 Å². The summed E-state index contributed by atoms with van der Waals surface area (Å²) in [5.41, 5.74) is 1.84. The van der Waals surface area contributed by atoms with Gasteiger partial charge in [-0.2, -0.15) is 0 Å². The Morgan fingerprint density at radius 2 is 1.75 bits per heavy atom. The molecule has 3 aromatic carbocycles. The second-order valence-electron chi connectivity index (χ2n) is 7.34. The monoisotopic (exact) mass is 458 g/mol. The number of amides is 2. The van der Waals surface area contributed by atoms with Gasteiger partial charge in [0, 0.05) is 18.7 Å². The summed E-state index contributed by atoms with van der Waals surface area (Å²) in [7, 11) is 0. The number of nitrogens with zero attached hydrogens (tertiary/aromatic N) is 1. The molecule has 1 aliphatic heterocycles. The Morgan fingerprint density at radius 3 is 2.56 bits per heavy atom. The molecule has 32 heavy (non-hydrogen) atoms. The van der Waals surface area contributed by atoms with Crippen LogP contribution in [-0.2, 0) is 9.59 Å². The first-order valence-electron chi connectivity index (χ1n) is 10.4. The summed E-state index contributed by atoms with van der Waals surface area (Å²) in [5, 5.41) is 5.14. The Balaban J connectivity index is 1.28. The van der Waals surface area contributed by atoms with E-state index in [0.29, 0.717) is 28.6 Å². The number of benzene rings is 3. The van der Waals surface area contributed by atoms with E-state index in [4.69, 9.17) is 12.2 Å².